The minimum Gasteiger partial charge on any atom is -0.461 e. The summed E-state index contributed by atoms with van der Waals surface area (Å²) in [5, 5.41) is -0.0206. The maximum Gasteiger partial charge on any atom is 0.302 e. The number of rotatable bonds is 3. The molecule has 0 spiro atoms. The fourth-order valence-electron chi connectivity index (χ4n) is 1.08. The van der Waals surface area contributed by atoms with Gasteiger partial charge >= 0.3 is 5.97 Å². The summed E-state index contributed by atoms with van der Waals surface area (Å²) in [6.07, 6.45) is 0. The number of benzene rings is 1. The second-order valence-electron chi connectivity index (χ2n) is 3.10. The Morgan fingerprint density at radius 1 is 1.47 bits per heavy atom. The van der Waals surface area contributed by atoms with Crippen LogP contribution < -0.4 is 0 Å². The van der Waals surface area contributed by atoms with Gasteiger partial charge in [0.25, 0.3) is 9.05 Å². The fraction of sp³-hybridized carbons (Fsp3) is 0.222. The summed E-state index contributed by atoms with van der Waals surface area (Å²) in [5.41, 5.74) is -0.160. The third-order valence-corrected chi connectivity index (χ3v) is 3.31. The molecule has 0 aromatic heterocycles. The van der Waals surface area contributed by atoms with Crippen LogP contribution in [0.2, 0.25) is 5.02 Å². The third-order valence-electron chi connectivity index (χ3n) is 1.77. The molecular weight excluding hydrogens is 294 g/mol. The van der Waals surface area contributed by atoms with Gasteiger partial charge in [0.2, 0.25) is 0 Å². The summed E-state index contributed by atoms with van der Waals surface area (Å²) >= 11 is 5.61. The zero-order valence-electron chi connectivity index (χ0n) is 8.54. The van der Waals surface area contributed by atoms with Gasteiger partial charge in [-0.15, -0.1) is 0 Å². The molecule has 8 heteroatoms. The number of esters is 1. The normalized spacial score (nSPS) is 11.3. The van der Waals surface area contributed by atoms with Crippen LogP contribution in [0.4, 0.5) is 4.39 Å². The highest BCUT2D eigenvalue weighted by atomic mass is 35.7. The summed E-state index contributed by atoms with van der Waals surface area (Å²) in [5.74, 6) is -1.70. The van der Waals surface area contributed by atoms with E-state index in [-0.39, 0.29) is 10.6 Å². The minimum absolute atomic E-state index is 0.0206. The van der Waals surface area contributed by atoms with Crippen LogP contribution in [0.15, 0.2) is 17.0 Å². The van der Waals surface area contributed by atoms with Crippen molar-refractivity contribution in [2.75, 3.05) is 0 Å². The molecule has 0 saturated carbocycles. The first-order valence-corrected chi connectivity index (χ1v) is 6.96. The highest BCUT2D eigenvalue weighted by Crippen LogP contribution is 2.26. The molecule has 94 valence electrons. The van der Waals surface area contributed by atoms with Gasteiger partial charge in [-0.25, -0.2) is 12.8 Å². The van der Waals surface area contributed by atoms with Crippen LogP contribution in [-0.4, -0.2) is 14.4 Å². The van der Waals surface area contributed by atoms with Gasteiger partial charge in [0.15, 0.2) is 0 Å². The SMILES string of the molecule is CC(=O)OCc1cc(Cl)cc(S(=O)(=O)Cl)c1F. The molecule has 0 amide bonds. The van der Waals surface area contributed by atoms with E-state index in [1.165, 1.54) is 0 Å². The molecule has 4 nitrogen and oxygen atoms in total. The Hall–Kier alpha value is -0.850. The average molecular weight is 301 g/mol. The van der Waals surface area contributed by atoms with Crippen molar-refractivity contribution < 1.29 is 22.3 Å². The van der Waals surface area contributed by atoms with E-state index in [1.54, 1.807) is 0 Å². The first-order chi connectivity index (χ1) is 7.71. The molecule has 0 radical (unpaired) electrons. The maximum absolute atomic E-state index is 13.7. The monoisotopic (exact) mass is 300 g/mol. The molecule has 0 bridgehead atoms. The van der Waals surface area contributed by atoms with Crippen molar-refractivity contribution in [2.24, 2.45) is 0 Å². The van der Waals surface area contributed by atoms with E-state index in [0.29, 0.717) is 0 Å². The number of hydrogen-bond donors (Lipinski definition) is 0. The lowest BCUT2D eigenvalue weighted by Gasteiger charge is -2.07. The molecular formula is C9H7Cl2FO4S. The van der Waals surface area contributed by atoms with E-state index in [1.807, 2.05) is 0 Å². The van der Waals surface area contributed by atoms with Crippen LogP contribution in [0.5, 0.6) is 0 Å². The van der Waals surface area contributed by atoms with E-state index in [0.717, 1.165) is 19.1 Å². The first-order valence-electron chi connectivity index (χ1n) is 4.27. The lowest BCUT2D eigenvalue weighted by molar-refractivity contribution is -0.142. The quantitative estimate of drug-likeness (QED) is 0.635. The van der Waals surface area contributed by atoms with Crippen LogP contribution in [0.3, 0.4) is 0 Å². The molecule has 1 aromatic rings. The number of carbonyl (C=O) groups is 1. The van der Waals surface area contributed by atoms with E-state index >= 15 is 0 Å². The molecule has 17 heavy (non-hydrogen) atoms. The van der Waals surface area contributed by atoms with E-state index in [4.69, 9.17) is 22.3 Å². The van der Waals surface area contributed by atoms with Crippen LogP contribution >= 0.6 is 22.3 Å². The molecule has 1 aromatic carbocycles. The van der Waals surface area contributed by atoms with Crippen molar-refractivity contribution in [3.63, 3.8) is 0 Å². The second kappa shape index (κ2) is 5.20. The molecule has 0 unspecified atom stereocenters. The molecule has 0 fully saturated rings. The van der Waals surface area contributed by atoms with E-state index in [9.17, 15) is 17.6 Å². The lowest BCUT2D eigenvalue weighted by Crippen LogP contribution is -2.04. The zero-order valence-corrected chi connectivity index (χ0v) is 10.9. The highest BCUT2D eigenvalue weighted by molar-refractivity contribution is 8.13. The van der Waals surface area contributed by atoms with Crippen molar-refractivity contribution in [2.45, 2.75) is 18.4 Å². The maximum atomic E-state index is 13.7. The summed E-state index contributed by atoms with van der Waals surface area (Å²) in [4.78, 5) is 9.83. The predicted molar refractivity (Wildman–Crippen MR) is 59.9 cm³/mol. The van der Waals surface area contributed by atoms with Crippen molar-refractivity contribution in [1.82, 2.24) is 0 Å². The van der Waals surface area contributed by atoms with Gasteiger partial charge in [-0.1, -0.05) is 11.6 Å². The van der Waals surface area contributed by atoms with Gasteiger partial charge in [0.05, 0.1) is 0 Å². The minimum atomic E-state index is -4.24. The fourth-order valence-corrected chi connectivity index (χ4v) is 2.34. The van der Waals surface area contributed by atoms with Gasteiger partial charge < -0.3 is 4.74 Å². The standard InChI is InChI=1S/C9H7Cl2FO4S/c1-5(13)16-4-6-2-7(10)3-8(9(6)12)17(11,14)15/h2-3H,4H2,1H3. The largest absolute Gasteiger partial charge is 0.461 e. The summed E-state index contributed by atoms with van der Waals surface area (Å²) in [6, 6.07) is 2.04. The Balaban J connectivity index is 3.24. The van der Waals surface area contributed by atoms with Crippen LogP contribution in [0.25, 0.3) is 0 Å². The Morgan fingerprint density at radius 2 is 2.06 bits per heavy atom. The van der Waals surface area contributed by atoms with Crippen molar-refractivity contribution in [3.05, 3.63) is 28.5 Å². The lowest BCUT2D eigenvalue weighted by atomic mass is 10.2. The molecule has 0 saturated heterocycles. The van der Waals surface area contributed by atoms with Gasteiger partial charge in [-0.3, -0.25) is 4.79 Å². The number of hydrogen-bond acceptors (Lipinski definition) is 4. The molecule has 0 aliphatic rings. The Labute approximate surface area is 107 Å². The van der Waals surface area contributed by atoms with Gasteiger partial charge in [0, 0.05) is 28.2 Å². The molecule has 0 heterocycles. The second-order valence-corrected chi connectivity index (χ2v) is 6.07. The van der Waals surface area contributed by atoms with Crippen molar-refractivity contribution in [3.8, 4) is 0 Å². The third kappa shape index (κ3) is 3.83. The smallest absolute Gasteiger partial charge is 0.302 e. The highest BCUT2D eigenvalue weighted by Gasteiger charge is 2.20. The average Bonchev–Trinajstić information content (AvgIpc) is 2.17. The summed E-state index contributed by atoms with van der Waals surface area (Å²) in [7, 11) is 0.792. The van der Waals surface area contributed by atoms with Crippen molar-refractivity contribution in [1.29, 1.82) is 0 Å². The number of carbonyl (C=O) groups excluding carboxylic acids is 1. The Kier molecular flexibility index (Phi) is 4.35. The topological polar surface area (TPSA) is 60.4 Å². The van der Waals surface area contributed by atoms with Crippen LogP contribution in [-0.2, 0) is 25.2 Å². The number of halogens is 3. The molecule has 0 aliphatic heterocycles. The molecule has 0 N–H and O–H groups in total. The van der Waals surface area contributed by atoms with Crippen molar-refractivity contribution >= 4 is 37.3 Å². The van der Waals surface area contributed by atoms with Crippen LogP contribution in [0.1, 0.15) is 12.5 Å². The Bertz CT molecular complexity index is 556. The van der Waals surface area contributed by atoms with Gasteiger partial charge in [-0.05, 0) is 12.1 Å². The van der Waals surface area contributed by atoms with E-state index < -0.39 is 32.3 Å². The molecule has 0 aliphatic carbocycles. The van der Waals surface area contributed by atoms with Gasteiger partial charge in [0.1, 0.15) is 17.3 Å². The zero-order chi connectivity index (χ0) is 13.2. The van der Waals surface area contributed by atoms with E-state index in [2.05, 4.69) is 4.74 Å². The summed E-state index contributed by atoms with van der Waals surface area (Å²) < 4.78 is 40.4. The Morgan fingerprint density at radius 3 is 2.53 bits per heavy atom. The molecule has 1 rings (SSSR count). The summed E-state index contributed by atoms with van der Waals surface area (Å²) in [6.45, 7) is 0.725. The molecule has 0 atom stereocenters. The predicted octanol–water partition coefficient (Wildman–Crippen LogP) is 2.47. The first kappa shape index (κ1) is 14.2. The van der Waals surface area contributed by atoms with Crippen LogP contribution in [0, 0.1) is 5.82 Å². The van der Waals surface area contributed by atoms with Gasteiger partial charge in [-0.2, -0.15) is 0 Å². The number of ether oxygens (including phenoxy) is 1.